The second-order valence-electron chi connectivity index (χ2n) is 4.66. The van der Waals surface area contributed by atoms with Crippen molar-refractivity contribution < 1.29 is 9.47 Å². The van der Waals surface area contributed by atoms with Gasteiger partial charge in [0.2, 0.25) is 0 Å². The van der Waals surface area contributed by atoms with Crippen LogP contribution in [0.1, 0.15) is 38.3 Å². The monoisotopic (exact) mass is 260 g/mol. The highest BCUT2D eigenvalue weighted by Crippen LogP contribution is 2.35. The van der Waals surface area contributed by atoms with E-state index in [-0.39, 0.29) is 6.04 Å². The first-order valence-electron chi connectivity index (χ1n) is 6.84. The summed E-state index contributed by atoms with van der Waals surface area (Å²) in [7, 11) is 0. The third-order valence-electron chi connectivity index (χ3n) is 3.20. The molecule has 0 bridgehead atoms. The van der Waals surface area contributed by atoms with Crippen molar-refractivity contribution in [2.24, 2.45) is 0 Å². The van der Waals surface area contributed by atoms with Crippen LogP contribution in [0, 0.1) is 11.3 Å². The molecule has 2 unspecified atom stereocenters. The number of benzene rings is 1. The van der Waals surface area contributed by atoms with E-state index < -0.39 is 6.10 Å². The van der Waals surface area contributed by atoms with Gasteiger partial charge in [-0.05, 0) is 31.5 Å². The Bertz CT molecular complexity index is 468. The van der Waals surface area contributed by atoms with Crippen LogP contribution in [-0.4, -0.2) is 19.3 Å². The molecule has 0 saturated carbocycles. The summed E-state index contributed by atoms with van der Waals surface area (Å²) in [4.78, 5) is 0. The first kappa shape index (κ1) is 13.7. The molecule has 0 spiro atoms. The summed E-state index contributed by atoms with van der Waals surface area (Å²) in [6.07, 6.45) is 1.39. The third-order valence-corrected chi connectivity index (χ3v) is 3.20. The van der Waals surface area contributed by atoms with Gasteiger partial charge in [-0.1, -0.05) is 13.8 Å². The lowest BCUT2D eigenvalue weighted by molar-refractivity contribution is 0.250. The molecular weight excluding hydrogens is 240 g/mol. The van der Waals surface area contributed by atoms with Gasteiger partial charge >= 0.3 is 0 Å². The predicted octanol–water partition coefficient (Wildman–Crippen LogP) is 2.80. The summed E-state index contributed by atoms with van der Waals surface area (Å²) >= 11 is 0. The summed E-state index contributed by atoms with van der Waals surface area (Å²) in [6.45, 7) is 5.72. The van der Waals surface area contributed by atoms with Crippen LogP contribution in [0.25, 0.3) is 0 Å². The van der Waals surface area contributed by atoms with E-state index in [1.807, 2.05) is 25.1 Å². The van der Waals surface area contributed by atoms with E-state index >= 15 is 0 Å². The Kier molecular flexibility index (Phi) is 4.64. The quantitative estimate of drug-likeness (QED) is 0.854. The van der Waals surface area contributed by atoms with Crippen LogP contribution in [0.3, 0.4) is 0 Å². The van der Waals surface area contributed by atoms with Gasteiger partial charge in [0.05, 0.1) is 6.04 Å². The van der Waals surface area contributed by atoms with Crippen molar-refractivity contribution in [1.82, 2.24) is 5.32 Å². The van der Waals surface area contributed by atoms with Gasteiger partial charge in [0.15, 0.2) is 6.10 Å². The minimum Gasteiger partial charge on any atom is -0.491 e. The molecule has 1 aliphatic heterocycles. The van der Waals surface area contributed by atoms with Crippen LogP contribution in [0.5, 0.6) is 11.5 Å². The lowest BCUT2D eigenvalue weighted by Crippen LogP contribution is -2.22. The van der Waals surface area contributed by atoms with E-state index in [0.717, 1.165) is 18.7 Å². The zero-order valence-electron chi connectivity index (χ0n) is 11.5. The van der Waals surface area contributed by atoms with Crippen molar-refractivity contribution in [2.45, 2.75) is 38.8 Å². The van der Waals surface area contributed by atoms with Crippen LogP contribution in [0.2, 0.25) is 0 Å². The van der Waals surface area contributed by atoms with Gasteiger partial charge in [-0.15, -0.1) is 0 Å². The Labute approximate surface area is 114 Å². The number of ether oxygens (including phenoxy) is 2. The summed E-state index contributed by atoms with van der Waals surface area (Å²) in [5, 5.41) is 12.4. The molecule has 1 N–H and O–H groups in total. The van der Waals surface area contributed by atoms with Crippen molar-refractivity contribution in [3.05, 3.63) is 23.8 Å². The number of nitrogens with one attached hydrogen (secondary N) is 1. The fraction of sp³-hybridized carbons (Fsp3) is 0.533. The Hall–Kier alpha value is -1.73. The van der Waals surface area contributed by atoms with Crippen molar-refractivity contribution in [2.75, 3.05) is 13.2 Å². The van der Waals surface area contributed by atoms with Crippen LogP contribution >= 0.6 is 0 Å². The van der Waals surface area contributed by atoms with Crippen LogP contribution in [0.4, 0.5) is 0 Å². The highest BCUT2D eigenvalue weighted by atomic mass is 16.5. The molecule has 0 aliphatic carbocycles. The van der Waals surface area contributed by atoms with E-state index in [4.69, 9.17) is 14.7 Å². The molecule has 2 rings (SSSR count). The highest BCUT2D eigenvalue weighted by molar-refractivity contribution is 5.45. The largest absolute Gasteiger partial charge is 0.491 e. The van der Waals surface area contributed by atoms with Crippen LogP contribution < -0.4 is 14.8 Å². The Morgan fingerprint density at radius 3 is 3.05 bits per heavy atom. The zero-order chi connectivity index (χ0) is 13.7. The van der Waals surface area contributed by atoms with Gasteiger partial charge in [-0.3, -0.25) is 0 Å². The lowest BCUT2D eigenvalue weighted by Gasteiger charge is -2.12. The highest BCUT2D eigenvalue weighted by Gasteiger charge is 2.24. The fourth-order valence-electron chi connectivity index (χ4n) is 2.12. The van der Waals surface area contributed by atoms with Gasteiger partial charge in [0.25, 0.3) is 0 Å². The third kappa shape index (κ3) is 3.18. The molecule has 19 heavy (non-hydrogen) atoms. The van der Waals surface area contributed by atoms with Crippen molar-refractivity contribution >= 4 is 0 Å². The molecule has 1 aromatic carbocycles. The molecule has 2 atom stereocenters. The number of nitriles is 1. The average molecular weight is 260 g/mol. The van der Waals surface area contributed by atoms with E-state index in [1.54, 1.807) is 0 Å². The van der Waals surface area contributed by atoms with Gasteiger partial charge in [-0.2, -0.15) is 5.26 Å². The van der Waals surface area contributed by atoms with E-state index in [9.17, 15) is 0 Å². The maximum atomic E-state index is 8.90. The number of hydrogen-bond donors (Lipinski definition) is 1. The topological polar surface area (TPSA) is 54.3 Å². The minimum absolute atomic E-state index is 0.266. The van der Waals surface area contributed by atoms with Gasteiger partial charge < -0.3 is 14.8 Å². The Morgan fingerprint density at radius 1 is 1.53 bits per heavy atom. The molecule has 0 amide bonds. The van der Waals surface area contributed by atoms with Crippen molar-refractivity contribution in [1.29, 1.82) is 5.26 Å². The molecule has 0 radical (unpaired) electrons. The van der Waals surface area contributed by atoms with Crippen LogP contribution in [-0.2, 0) is 0 Å². The van der Waals surface area contributed by atoms with Gasteiger partial charge in [0.1, 0.15) is 24.2 Å². The number of fused-ring (bicyclic) bond motifs is 1. The normalized spacial score (nSPS) is 18.3. The number of nitrogens with zero attached hydrogens (tertiary/aromatic N) is 1. The lowest BCUT2D eigenvalue weighted by atomic mass is 10.1. The number of rotatable bonds is 6. The Balaban J connectivity index is 2.07. The first-order chi connectivity index (χ1) is 9.28. The van der Waals surface area contributed by atoms with Gasteiger partial charge in [-0.25, -0.2) is 0 Å². The van der Waals surface area contributed by atoms with Crippen LogP contribution in [0.15, 0.2) is 18.2 Å². The van der Waals surface area contributed by atoms with E-state index in [0.29, 0.717) is 18.8 Å². The van der Waals surface area contributed by atoms with E-state index in [1.165, 1.54) is 5.56 Å². The molecule has 1 heterocycles. The standard InChI is InChI=1S/C15H20N2O2/c1-3-7-17-14-10-18-15-8-12(5-6-13(14)15)19-11(4-2)9-16/h5-6,8,11,14,17H,3-4,7,10H2,1-2H3. The predicted molar refractivity (Wildman–Crippen MR) is 73.3 cm³/mol. The average Bonchev–Trinajstić information content (AvgIpc) is 2.84. The SMILES string of the molecule is CCCNC1COc2cc(OC(C#N)CC)ccc21. The summed E-state index contributed by atoms with van der Waals surface area (Å²) < 4.78 is 11.3. The van der Waals surface area contributed by atoms with Gasteiger partial charge in [0, 0.05) is 11.6 Å². The second-order valence-corrected chi connectivity index (χ2v) is 4.66. The molecule has 0 saturated heterocycles. The molecule has 1 aromatic rings. The first-order valence-corrected chi connectivity index (χ1v) is 6.84. The van der Waals surface area contributed by atoms with E-state index in [2.05, 4.69) is 18.3 Å². The van der Waals surface area contributed by atoms with Crippen molar-refractivity contribution in [3.8, 4) is 17.6 Å². The molecule has 4 nitrogen and oxygen atoms in total. The smallest absolute Gasteiger partial charge is 0.184 e. The summed E-state index contributed by atoms with van der Waals surface area (Å²) in [5.41, 5.74) is 1.17. The molecule has 0 fully saturated rings. The fourth-order valence-corrected chi connectivity index (χ4v) is 2.12. The second kappa shape index (κ2) is 6.44. The zero-order valence-corrected chi connectivity index (χ0v) is 11.5. The number of hydrogen-bond acceptors (Lipinski definition) is 4. The maximum Gasteiger partial charge on any atom is 0.184 e. The molecule has 4 heteroatoms. The molecule has 1 aliphatic rings. The maximum absolute atomic E-state index is 8.90. The molecule has 0 aromatic heterocycles. The Morgan fingerprint density at radius 2 is 2.37 bits per heavy atom. The minimum atomic E-state index is -0.395. The summed E-state index contributed by atoms with van der Waals surface area (Å²) in [6, 6.07) is 8.21. The van der Waals surface area contributed by atoms with Crippen molar-refractivity contribution in [3.63, 3.8) is 0 Å². The summed E-state index contributed by atoms with van der Waals surface area (Å²) in [5.74, 6) is 1.56. The molecule has 102 valence electrons. The molecular formula is C15H20N2O2.